The Balaban J connectivity index is 1.54. The number of urea groups is 1. The second-order valence-electron chi connectivity index (χ2n) is 7.00. The minimum atomic E-state index is -0.621. The summed E-state index contributed by atoms with van der Waals surface area (Å²) in [6.45, 7) is 5.32. The first-order valence-corrected chi connectivity index (χ1v) is 8.49. The topological polar surface area (TPSA) is 61.4 Å². The van der Waals surface area contributed by atoms with E-state index in [4.69, 9.17) is 0 Å². The molecule has 2 aliphatic heterocycles. The Morgan fingerprint density at radius 1 is 1.14 bits per heavy atom. The fraction of sp³-hybridized carbons (Fsp3) is 0.875. The predicted molar refractivity (Wildman–Crippen MR) is 80.8 cm³/mol. The van der Waals surface area contributed by atoms with Crippen molar-refractivity contribution < 1.29 is 9.59 Å². The van der Waals surface area contributed by atoms with E-state index in [0.29, 0.717) is 0 Å². The van der Waals surface area contributed by atoms with Crippen LogP contribution in [-0.4, -0.2) is 42.0 Å². The van der Waals surface area contributed by atoms with Crippen LogP contribution in [0.15, 0.2) is 0 Å². The molecule has 5 nitrogen and oxygen atoms in total. The third-order valence-electron chi connectivity index (χ3n) is 5.81. The number of imide groups is 1. The number of rotatable bonds is 3. The zero-order valence-electron chi connectivity index (χ0n) is 13.0. The minimum absolute atomic E-state index is 0.128. The number of carbonyl (C=O) groups is 2. The van der Waals surface area contributed by atoms with E-state index in [-0.39, 0.29) is 11.9 Å². The molecule has 0 unspecified atom stereocenters. The van der Waals surface area contributed by atoms with Crippen molar-refractivity contribution in [1.82, 2.24) is 15.5 Å². The highest BCUT2D eigenvalue weighted by Crippen LogP contribution is 2.34. The first kappa shape index (κ1) is 14.8. The number of hydrogen-bond donors (Lipinski definition) is 2. The van der Waals surface area contributed by atoms with Crippen molar-refractivity contribution in [3.63, 3.8) is 0 Å². The largest absolute Gasteiger partial charge is 0.323 e. The number of amides is 3. The van der Waals surface area contributed by atoms with Gasteiger partial charge in [-0.15, -0.1) is 0 Å². The number of likely N-dealkylation sites (tertiary alicyclic amines) is 1. The molecule has 21 heavy (non-hydrogen) atoms. The summed E-state index contributed by atoms with van der Waals surface area (Å²) in [5, 5.41) is 5.22. The van der Waals surface area contributed by atoms with Gasteiger partial charge >= 0.3 is 6.03 Å². The van der Waals surface area contributed by atoms with Crippen molar-refractivity contribution in [1.29, 1.82) is 0 Å². The first-order valence-electron chi connectivity index (χ1n) is 8.49. The average molecular weight is 293 g/mol. The summed E-state index contributed by atoms with van der Waals surface area (Å²) in [6, 6.07) is -0.327. The van der Waals surface area contributed by atoms with Gasteiger partial charge in [-0.05, 0) is 31.1 Å². The molecule has 3 amide bonds. The second kappa shape index (κ2) is 5.95. The van der Waals surface area contributed by atoms with Crippen LogP contribution in [0.4, 0.5) is 4.79 Å². The van der Waals surface area contributed by atoms with Gasteiger partial charge in [0.05, 0.1) is 0 Å². The quantitative estimate of drug-likeness (QED) is 0.781. The highest BCUT2D eigenvalue weighted by molar-refractivity contribution is 6.07. The summed E-state index contributed by atoms with van der Waals surface area (Å²) in [5.41, 5.74) is -0.621. The second-order valence-corrected chi connectivity index (χ2v) is 7.00. The van der Waals surface area contributed by atoms with Gasteiger partial charge in [0, 0.05) is 19.6 Å². The maximum Gasteiger partial charge on any atom is 0.322 e. The molecule has 2 atom stereocenters. The monoisotopic (exact) mass is 293 g/mol. The van der Waals surface area contributed by atoms with Crippen molar-refractivity contribution in [2.75, 3.05) is 19.6 Å². The lowest BCUT2D eigenvalue weighted by Crippen LogP contribution is -2.55. The standard InChI is InChI=1S/C16H27N3O2/c1-2-12-5-3-4-6-13(12)11-19-9-7-16(8-10-19)14(20)17-15(21)18-16/h12-13H,2-11H2,1H3,(H2,17,18,20,21)/t12-,13-/m1/s1. The average Bonchev–Trinajstić information content (AvgIpc) is 2.76. The van der Waals surface area contributed by atoms with Gasteiger partial charge in [0.15, 0.2) is 0 Å². The lowest BCUT2D eigenvalue weighted by molar-refractivity contribution is -0.125. The molecule has 1 aliphatic carbocycles. The van der Waals surface area contributed by atoms with Gasteiger partial charge in [-0.2, -0.15) is 0 Å². The first-order chi connectivity index (χ1) is 10.1. The van der Waals surface area contributed by atoms with Crippen LogP contribution in [0.1, 0.15) is 51.9 Å². The van der Waals surface area contributed by atoms with Crippen LogP contribution in [-0.2, 0) is 4.79 Å². The highest BCUT2D eigenvalue weighted by atomic mass is 16.2. The van der Waals surface area contributed by atoms with Crippen molar-refractivity contribution in [3.05, 3.63) is 0 Å². The number of piperidine rings is 1. The molecule has 2 heterocycles. The van der Waals surface area contributed by atoms with Gasteiger partial charge in [-0.3, -0.25) is 10.1 Å². The summed E-state index contributed by atoms with van der Waals surface area (Å²) < 4.78 is 0. The van der Waals surface area contributed by atoms with Gasteiger partial charge in [0.2, 0.25) is 0 Å². The Morgan fingerprint density at radius 3 is 2.38 bits per heavy atom. The number of nitrogens with one attached hydrogen (secondary N) is 2. The molecule has 0 bridgehead atoms. The molecule has 3 aliphatic rings. The molecule has 5 heteroatoms. The predicted octanol–water partition coefficient (Wildman–Crippen LogP) is 1.88. The number of carbonyl (C=O) groups excluding carboxylic acids is 2. The molecule has 1 spiro atoms. The molecule has 3 rings (SSSR count). The smallest absolute Gasteiger partial charge is 0.322 e. The Morgan fingerprint density at radius 2 is 1.81 bits per heavy atom. The molecule has 2 N–H and O–H groups in total. The normalized spacial score (nSPS) is 33.0. The van der Waals surface area contributed by atoms with Crippen LogP contribution in [0.5, 0.6) is 0 Å². The maximum absolute atomic E-state index is 11.9. The third kappa shape index (κ3) is 2.93. The molecule has 2 saturated heterocycles. The van der Waals surface area contributed by atoms with Gasteiger partial charge in [0.25, 0.3) is 5.91 Å². The fourth-order valence-corrected chi connectivity index (χ4v) is 4.39. The van der Waals surface area contributed by atoms with Crippen LogP contribution in [0.3, 0.4) is 0 Å². The summed E-state index contributed by atoms with van der Waals surface area (Å²) in [7, 11) is 0. The summed E-state index contributed by atoms with van der Waals surface area (Å²) in [5.74, 6) is 1.57. The Kier molecular flexibility index (Phi) is 4.20. The third-order valence-corrected chi connectivity index (χ3v) is 5.81. The Bertz CT molecular complexity index is 416. The molecule has 1 saturated carbocycles. The molecule has 0 radical (unpaired) electrons. The van der Waals surface area contributed by atoms with E-state index >= 15 is 0 Å². The van der Waals surface area contributed by atoms with E-state index in [0.717, 1.165) is 37.8 Å². The molecule has 118 valence electrons. The number of hydrogen-bond acceptors (Lipinski definition) is 3. The van der Waals surface area contributed by atoms with Gasteiger partial charge in [-0.1, -0.05) is 32.6 Å². The van der Waals surface area contributed by atoms with Gasteiger partial charge < -0.3 is 10.2 Å². The SMILES string of the molecule is CC[C@@H]1CCCC[C@@H]1CN1CCC2(CC1)NC(=O)NC2=O. The lowest BCUT2D eigenvalue weighted by Gasteiger charge is -2.40. The number of nitrogens with zero attached hydrogens (tertiary/aromatic N) is 1. The van der Waals surface area contributed by atoms with E-state index in [9.17, 15) is 9.59 Å². The van der Waals surface area contributed by atoms with Gasteiger partial charge in [0.1, 0.15) is 5.54 Å². The van der Waals surface area contributed by atoms with Crippen LogP contribution in [0.25, 0.3) is 0 Å². The minimum Gasteiger partial charge on any atom is -0.323 e. The van der Waals surface area contributed by atoms with E-state index in [1.165, 1.54) is 38.6 Å². The van der Waals surface area contributed by atoms with E-state index < -0.39 is 5.54 Å². The fourth-order valence-electron chi connectivity index (χ4n) is 4.39. The van der Waals surface area contributed by atoms with E-state index in [2.05, 4.69) is 22.5 Å². The van der Waals surface area contributed by atoms with Crippen LogP contribution in [0.2, 0.25) is 0 Å². The lowest BCUT2D eigenvalue weighted by atomic mass is 9.77. The Hall–Kier alpha value is -1.10. The molecule has 0 aromatic heterocycles. The van der Waals surface area contributed by atoms with Crippen molar-refractivity contribution >= 4 is 11.9 Å². The highest BCUT2D eigenvalue weighted by Gasteiger charge is 2.47. The molecular formula is C16H27N3O2. The summed E-state index contributed by atoms with van der Waals surface area (Å²) in [4.78, 5) is 25.8. The van der Waals surface area contributed by atoms with Crippen molar-refractivity contribution in [2.45, 2.75) is 57.4 Å². The maximum atomic E-state index is 11.9. The zero-order chi connectivity index (χ0) is 14.9. The van der Waals surface area contributed by atoms with Gasteiger partial charge in [-0.25, -0.2) is 4.79 Å². The zero-order valence-corrected chi connectivity index (χ0v) is 13.0. The van der Waals surface area contributed by atoms with E-state index in [1.54, 1.807) is 0 Å². The summed E-state index contributed by atoms with van der Waals surface area (Å²) in [6.07, 6.45) is 8.29. The molecule has 0 aromatic carbocycles. The molecule has 3 fully saturated rings. The van der Waals surface area contributed by atoms with Crippen molar-refractivity contribution in [3.8, 4) is 0 Å². The summed E-state index contributed by atoms with van der Waals surface area (Å²) >= 11 is 0. The van der Waals surface area contributed by atoms with E-state index in [1.807, 2.05) is 0 Å². The van der Waals surface area contributed by atoms with Crippen LogP contribution < -0.4 is 10.6 Å². The molecular weight excluding hydrogens is 266 g/mol. The van der Waals surface area contributed by atoms with Crippen LogP contribution >= 0.6 is 0 Å². The molecule has 0 aromatic rings. The van der Waals surface area contributed by atoms with Crippen LogP contribution in [0, 0.1) is 11.8 Å². The Labute approximate surface area is 126 Å². The van der Waals surface area contributed by atoms with Crippen molar-refractivity contribution in [2.24, 2.45) is 11.8 Å².